The third-order valence-electron chi connectivity index (χ3n) is 1.75. The molecule has 0 radical (unpaired) electrons. The number of hydrogen-bond donors (Lipinski definition) is 2. The summed E-state index contributed by atoms with van der Waals surface area (Å²) in [6.45, 7) is 7.46. The minimum absolute atomic E-state index is 0.514. The van der Waals surface area contributed by atoms with Crippen LogP contribution in [0.25, 0.3) is 0 Å². The van der Waals surface area contributed by atoms with Crippen LogP contribution in [0.2, 0.25) is 5.02 Å². The van der Waals surface area contributed by atoms with Crippen molar-refractivity contribution in [3.8, 4) is 0 Å². The van der Waals surface area contributed by atoms with E-state index in [1.165, 1.54) is 0 Å². The molecule has 4 nitrogen and oxygen atoms in total. The minimum Gasteiger partial charge on any atom is -0.397 e. The van der Waals surface area contributed by atoms with Gasteiger partial charge in [-0.3, -0.25) is 0 Å². The van der Waals surface area contributed by atoms with Crippen LogP contribution < -0.4 is 11.1 Å². The van der Waals surface area contributed by atoms with E-state index in [-0.39, 0.29) is 0 Å². The Kier molecular flexibility index (Phi) is 5.08. The van der Waals surface area contributed by atoms with Crippen molar-refractivity contribution < 1.29 is 4.74 Å². The van der Waals surface area contributed by atoms with E-state index >= 15 is 0 Å². The maximum atomic E-state index is 5.93. The van der Waals surface area contributed by atoms with Crippen LogP contribution in [-0.4, -0.2) is 24.7 Å². The Labute approximate surface area is 100 Å². The third kappa shape index (κ3) is 4.51. The second kappa shape index (κ2) is 6.35. The van der Waals surface area contributed by atoms with E-state index in [1.54, 1.807) is 12.3 Å². The van der Waals surface area contributed by atoms with Crippen molar-refractivity contribution in [3.63, 3.8) is 0 Å². The van der Waals surface area contributed by atoms with Gasteiger partial charge < -0.3 is 15.8 Å². The summed E-state index contributed by atoms with van der Waals surface area (Å²) in [6.07, 6.45) is 1.56. The van der Waals surface area contributed by atoms with E-state index < -0.39 is 0 Å². The summed E-state index contributed by atoms with van der Waals surface area (Å²) in [4.78, 5) is 4.07. The SMILES string of the molecule is C=C(C)COCCNc1ncc(N)cc1Cl. The number of hydrogen-bond acceptors (Lipinski definition) is 4. The molecule has 0 unspecified atom stereocenters. The van der Waals surface area contributed by atoms with E-state index in [4.69, 9.17) is 22.1 Å². The van der Waals surface area contributed by atoms with Crippen LogP contribution in [-0.2, 0) is 4.74 Å². The molecular formula is C11H16ClN3O. The predicted molar refractivity (Wildman–Crippen MR) is 67.8 cm³/mol. The summed E-state index contributed by atoms with van der Waals surface area (Å²) in [5.41, 5.74) is 7.08. The number of ether oxygens (including phenoxy) is 1. The first-order chi connectivity index (χ1) is 7.59. The lowest BCUT2D eigenvalue weighted by molar-refractivity contribution is 0.167. The van der Waals surface area contributed by atoms with Crippen molar-refractivity contribution in [3.05, 3.63) is 29.4 Å². The van der Waals surface area contributed by atoms with E-state index in [0.717, 1.165) is 5.57 Å². The zero-order valence-electron chi connectivity index (χ0n) is 9.29. The smallest absolute Gasteiger partial charge is 0.144 e. The summed E-state index contributed by atoms with van der Waals surface area (Å²) in [7, 11) is 0. The Balaban J connectivity index is 2.29. The molecule has 88 valence electrons. The number of aromatic nitrogens is 1. The lowest BCUT2D eigenvalue weighted by Crippen LogP contribution is -2.11. The van der Waals surface area contributed by atoms with Crippen molar-refractivity contribution in [1.29, 1.82) is 0 Å². The number of nitrogens with two attached hydrogens (primary N) is 1. The Bertz CT molecular complexity index is 368. The van der Waals surface area contributed by atoms with Crippen molar-refractivity contribution in [2.45, 2.75) is 6.92 Å². The Morgan fingerprint density at radius 2 is 2.44 bits per heavy atom. The second-order valence-electron chi connectivity index (χ2n) is 3.54. The maximum absolute atomic E-state index is 5.93. The van der Waals surface area contributed by atoms with E-state index in [1.807, 2.05) is 6.92 Å². The Morgan fingerprint density at radius 3 is 3.06 bits per heavy atom. The van der Waals surface area contributed by atoms with Crippen LogP contribution in [0.15, 0.2) is 24.4 Å². The molecule has 1 aromatic rings. The van der Waals surface area contributed by atoms with E-state index in [0.29, 0.717) is 36.3 Å². The van der Waals surface area contributed by atoms with E-state index in [9.17, 15) is 0 Å². The molecule has 3 N–H and O–H groups in total. The highest BCUT2D eigenvalue weighted by atomic mass is 35.5. The van der Waals surface area contributed by atoms with Gasteiger partial charge in [-0.1, -0.05) is 23.8 Å². The third-order valence-corrected chi connectivity index (χ3v) is 2.04. The number of pyridine rings is 1. The Hall–Kier alpha value is -1.26. The lowest BCUT2D eigenvalue weighted by atomic mass is 10.4. The van der Waals surface area contributed by atoms with Gasteiger partial charge in [0, 0.05) is 6.54 Å². The fourth-order valence-electron chi connectivity index (χ4n) is 1.07. The first-order valence-electron chi connectivity index (χ1n) is 4.96. The molecule has 0 spiro atoms. The van der Waals surface area contributed by atoms with Gasteiger partial charge in [-0.15, -0.1) is 0 Å². The van der Waals surface area contributed by atoms with Crippen molar-refractivity contribution in [2.75, 3.05) is 30.8 Å². The van der Waals surface area contributed by atoms with Gasteiger partial charge in [-0.2, -0.15) is 0 Å². The number of nitrogen functional groups attached to an aromatic ring is 1. The van der Waals surface area contributed by atoms with E-state index in [2.05, 4.69) is 16.9 Å². The monoisotopic (exact) mass is 241 g/mol. The first kappa shape index (κ1) is 12.8. The molecule has 0 atom stereocenters. The first-order valence-corrected chi connectivity index (χ1v) is 5.34. The topological polar surface area (TPSA) is 60.2 Å². The van der Waals surface area contributed by atoms with Gasteiger partial charge in [0.15, 0.2) is 0 Å². The van der Waals surface area contributed by atoms with Gasteiger partial charge in [0.05, 0.1) is 30.1 Å². The van der Waals surface area contributed by atoms with Gasteiger partial charge in [0.1, 0.15) is 5.82 Å². The van der Waals surface area contributed by atoms with Crippen LogP contribution in [0.4, 0.5) is 11.5 Å². The minimum atomic E-state index is 0.514. The fraction of sp³-hybridized carbons (Fsp3) is 0.364. The molecule has 1 aromatic heterocycles. The van der Waals surface area contributed by atoms with Gasteiger partial charge in [0.2, 0.25) is 0 Å². The van der Waals surface area contributed by atoms with Crippen LogP contribution >= 0.6 is 11.6 Å². The predicted octanol–water partition coefficient (Wildman–Crippen LogP) is 2.32. The highest BCUT2D eigenvalue weighted by Gasteiger charge is 2.00. The molecular weight excluding hydrogens is 226 g/mol. The summed E-state index contributed by atoms with van der Waals surface area (Å²) in [5, 5.41) is 3.57. The molecule has 0 saturated heterocycles. The van der Waals surface area contributed by atoms with Crippen molar-refractivity contribution >= 4 is 23.1 Å². The molecule has 0 aliphatic carbocycles. The summed E-state index contributed by atoms with van der Waals surface area (Å²) >= 11 is 5.93. The zero-order chi connectivity index (χ0) is 12.0. The zero-order valence-corrected chi connectivity index (χ0v) is 10.0. The molecule has 0 aromatic carbocycles. The number of halogens is 1. The molecule has 0 aliphatic rings. The molecule has 0 fully saturated rings. The molecule has 16 heavy (non-hydrogen) atoms. The summed E-state index contributed by atoms with van der Waals surface area (Å²) in [5.74, 6) is 0.620. The lowest BCUT2D eigenvalue weighted by Gasteiger charge is -2.08. The van der Waals surface area contributed by atoms with Crippen molar-refractivity contribution in [2.24, 2.45) is 0 Å². The molecule has 0 bridgehead atoms. The molecule has 0 saturated carbocycles. The number of nitrogens with one attached hydrogen (secondary N) is 1. The van der Waals surface area contributed by atoms with Crippen LogP contribution in [0.5, 0.6) is 0 Å². The van der Waals surface area contributed by atoms with Crippen LogP contribution in [0.3, 0.4) is 0 Å². The quantitative estimate of drug-likeness (QED) is 0.593. The molecule has 1 rings (SSSR count). The molecule has 5 heteroatoms. The normalized spacial score (nSPS) is 10.1. The van der Waals surface area contributed by atoms with Gasteiger partial charge in [-0.25, -0.2) is 4.98 Å². The summed E-state index contributed by atoms with van der Waals surface area (Å²) < 4.78 is 5.32. The molecule has 0 aliphatic heterocycles. The second-order valence-corrected chi connectivity index (χ2v) is 3.94. The number of anilines is 2. The van der Waals surface area contributed by atoms with Crippen LogP contribution in [0, 0.1) is 0 Å². The highest BCUT2D eigenvalue weighted by molar-refractivity contribution is 6.33. The molecule has 1 heterocycles. The fourth-order valence-corrected chi connectivity index (χ4v) is 1.31. The average molecular weight is 242 g/mol. The van der Waals surface area contributed by atoms with Crippen molar-refractivity contribution in [1.82, 2.24) is 4.98 Å². The maximum Gasteiger partial charge on any atom is 0.144 e. The summed E-state index contributed by atoms with van der Waals surface area (Å²) in [6, 6.07) is 1.66. The van der Waals surface area contributed by atoms with Gasteiger partial charge in [0.25, 0.3) is 0 Å². The van der Waals surface area contributed by atoms with Crippen LogP contribution in [0.1, 0.15) is 6.92 Å². The standard InChI is InChI=1S/C11H16ClN3O/c1-8(2)7-16-4-3-14-11-10(12)5-9(13)6-15-11/h5-6H,1,3-4,7,13H2,2H3,(H,14,15). The number of rotatable bonds is 6. The largest absolute Gasteiger partial charge is 0.397 e. The highest BCUT2D eigenvalue weighted by Crippen LogP contribution is 2.20. The molecule has 0 amide bonds. The average Bonchev–Trinajstić information content (AvgIpc) is 2.20. The van der Waals surface area contributed by atoms with Gasteiger partial charge >= 0.3 is 0 Å². The number of nitrogens with zero attached hydrogens (tertiary/aromatic N) is 1. The van der Waals surface area contributed by atoms with Gasteiger partial charge in [-0.05, 0) is 13.0 Å². The Morgan fingerprint density at radius 1 is 1.69 bits per heavy atom.